The van der Waals surface area contributed by atoms with Crippen molar-refractivity contribution >= 4 is 17.7 Å². The fraction of sp³-hybridized carbons (Fsp3) is 0.529. The van der Waals surface area contributed by atoms with Gasteiger partial charge in [0.2, 0.25) is 11.1 Å². The summed E-state index contributed by atoms with van der Waals surface area (Å²) in [7, 11) is 1.38. The highest BCUT2D eigenvalue weighted by Gasteiger charge is 2.29. The number of amides is 1. The van der Waals surface area contributed by atoms with E-state index in [1.807, 2.05) is 0 Å². The summed E-state index contributed by atoms with van der Waals surface area (Å²) in [5, 5.41) is 14.7. The average Bonchev–Trinajstić information content (AvgIpc) is 3.40. The van der Waals surface area contributed by atoms with Crippen molar-refractivity contribution in [2.75, 3.05) is 13.7 Å². The predicted molar refractivity (Wildman–Crippen MR) is 97.7 cm³/mol. The first-order valence-corrected chi connectivity index (χ1v) is 9.70. The number of rotatable bonds is 10. The minimum Gasteiger partial charge on any atom is -0.493 e. The van der Waals surface area contributed by atoms with Crippen LogP contribution in [0.3, 0.4) is 0 Å². The molecule has 1 aromatic carbocycles. The molecule has 1 amide bonds. The van der Waals surface area contributed by atoms with Crippen molar-refractivity contribution in [1.82, 2.24) is 25.5 Å². The minimum atomic E-state index is -2.94. The number of carbonyl (C=O) groups is 1. The molecule has 1 aromatic heterocycles. The van der Waals surface area contributed by atoms with E-state index in [9.17, 15) is 13.6 Å². The highest BCUT2D eigenvalue weighted by Crippen LogP contribution is 2.37. The van der Waals surface area contributed by atoms with Crippen LogP contribution in [0.25, 0.3) is 0 Å². The summed E-state index contributed by atoms with van der Waals surface area (Å²) >= 11 is 1.31. The minimum absolute atomic E-state index is 0.0304. The molecule has 1 atom stereocenters. The van der Waals surface area contributed by atoms with Gasteiger partial charge in [-0.2, -0.15) is 8.78 Å². The van der Waals surface area contributed by atoms with Crippen molar-refractivity contribution in [3.05, 3.63) is 23.8 Å². The number of thioether (sulfide) groups is 1. The fourth-order valence-electron chi connectivity index (χ4n) is 2.56. The molecule has 1 N–H and O–H groups in total. The molecule has 3 rings (SSSR count). The zero-order valence-corrected chi connectivity index (χ0v) is 16.3. The smallest absolute Gasteiger partial charge is 0.387 e. The predicted octanol–water partition coefficient (Wildman–Crippen LogP) is 2.46. The van der Waals surface area contributed by atoms with Crippen LogP contribution in [-0.2, 0) is 11.2 Å². The van der Waals surface area contributed by atoms with Gasteiger partial charge in [-0.1, -0.05) is 17.8 Å². The topological polar surface area (TPSA) is 91.2 Å². The van der Waals surface area contributed by atoms with E-state index in [4.69, 9.17) is 4.74 Å². The molecule has 2 aromatic rings. The molecule has 1 aliphatic rings. The quantitative estimate of drug-likeness (QED) is 0.598. The highest BCUT2D eigenvalue weighted by atomic mass is 32.2. The van der Waals surface area contributed by atoms with Crippen LogP contribution in [0.5, 0.6) is 11.5 Å². The maximum Gasteiger partial charge on any atom is 0.387 e. The first kappa shape index (κ1) is 20.3. The summed E-state index contributed by atoms with van der Waals surface area (Å²) in [5.41, 5.74) is 0.745. The van der Waals surface area contributed by atoms with Gasteiger partial charge in [0.15, 0.2) is 11.5 Å². The molecule has 1 unspecified atom stereocenters. The van der Waals surface area contributed by atoms with Crippen LogP contribution in [0.4, 0.5) is 8.78 Å². The zero-order chi connectivity index (χ0) is 20.1. The van der Waals surface area contributed by atoms with Crippen molar-refractivity contribution in [2.24, 2.45) is 0 Å². The molecule has 8 nitrogen and oxygen atoms in total. The standard InChI is InChI=1S/C17H21F2N5O3S/c1-10(28-17-21-22-23-24(17)12-4-5-12)15(25)20-8-7-11-3-6-13(26-2)14(9-11)27-16(18)19/h3,6,9-10,12,16H,4-5,7-8H2,1-2H3,(H,20,25). The molecule has 1 heterocycles. The zero-order valence-electron chi connectivity index (χ0n) is 15.5. The second-order valence-electron chi connectivity index (χ2n) is 6.30. The fourth-order valence-corrected chi connectivity index (χ4v) is 3.45. The Morgan fingerprint density at radius 1 is 1.39 bits per heavy atom. The molecule has 0 radical (unpaired) electrons. The number of ether oxygens (including phenoxy) is 2. The van der Waals surface area contributed by atoms with Crippen molar-refractivity contribution in [3.63, 3.8) is 0 Å². The van der Waals surface area contributed by atoms with Crippen molar-refractivity contribution in [3.8, 4) is 11.5 Å². The Labute approximate surface area is 165 Å². The molecule has 0 saturated heterocycles. The lowest BCUT2D eigenvalue weighted by Crippen LogP contribution is -2.32. The number of alkyl halides is 2. The lowest BCUT2D eigenvalue weighted by atomic mass is 10.1. The number of tetrazole rings is 1. The number of nitrogens with zero attached hydrogens (tertiary/aromatic N) is 4. The largest absolute Gasteiger partial charge is 0.493 e. The van der Waals surface area contributed by atoms with Crippen LogP contribution in [0.15, 0.2) is 23.4 Å². The third kappa shape index (κ3) is 5.31. The molecule has 11 heteroatoms. The Bertz CT molecular complexity index is 816. The lowest BCUT2D eigenvalue weighted by Gasteiger charge is -2.13. The van der Waals surface area contributed by atoms with E-state index in [0.29, 0.717) is 24.2 Å². The van der Waals surface area contributed by atoms with Gasteiger partial charge in [-0.3, -0.25) is 4.79 Å². The van der Waals surface area contributed by atoms with E-state index < -0.39 is 6.61 Å². The summed E-state index contributed by atoms with van der Waals surface area (Å²) in [5.74, 6) is 0.0524. The Morgan fingerprint density at radius 2 is 2.18 bits per heavy atom. The summed E-state index contributed by atoms with van der Waals surface area (Å²) in [6.07, 6.45) is 2.57. The van der Waals surface area contributed by atoms with Crippen molar-refractivity contribution in [2.45, 2.75) is 49.2 Å². The second-order valence-corrected chi connectivity index (χ2v) is 7.61. The van der Waals surface area contributed by atoms with Crippen LogP contribution in [-0.4, -0.2) is 51.6 Å². The highest BCUT2D eigenvalue weighted by molar-refractivity contribution is 8.00. The van der Waals surface area contributed by atoms with E-state index in [2.05, 4.69) is 25.6 Å². The van der Waals surface area contributed by atoms with Gasteiger partial charge < -0.3 is 14.8 Å². The summed E-state index contributed by atoms with van der Waals surface area (Å²) < 4.78 is 36.2. The molecule has 28 heavy (non-hydrogen) atoms. The molecule has 0 spiro atoms. The maximum absolute atomic E-state index is 12.5. The third-order valence-corrected chi connectivity index (χ3v) is 5.21. The van der Waals surface area contributed by atoms with Gasteiger partial charge in [0.1, 0.15) is 0 Å². The Kier molecular flexibility index (Phi) is 6.65. The number of carbonyl (C=O) groups excluding carboxylic acids is 1. The van der Waals surface area contributed by atoms with Crippen LogP contribution in [0.1, 0.15) is 31.4 Å². The molecule has 1 aliphatic carbocycles. The van der Waals surface area contributed by atoms with Crippen LogP contribution in [0, 0.1) is 0 Å². The Morgan fingerprint density at radius 3 is 2.86 bits per heavy atom. The van der Waals surface area contributed by atoms with Crippen LogP contribution in [0.2, 0.25) is 0 Å². The average molecular weight is 413 g/mol. The van der Waals surface area contributed by atoms with E-state index in [1.54, 1.807) is 23.7 Å². The van der Waals surface area contributed by atoms with Gasteiger partial charge in [0, 0.05) is 6.54 Å². The van der Waals surface area contributed by atoms with Gasteiger partial charge in [-0.25, -0.2) is 4.68 Å². The number of benzene rings is 1. The monoisotopic (exact) mass is 413 g/mol. The van der Waals surface area contributed by atoms with Gasteiger partial charge >= 0.3 is 6.61 Å². The number of nitrogens with one attached hydrogen (secondary N) is 1. The molecular formula is C17H21F2N5O3S. The first-order chi connectivity index (χ1) is 13.5. The third-order valence-electron chi connectivity index (χ3n) is 4.16. The SMILES string of the molecule is COc1ccc(CCNC(=O)C(C)Sc2nnnn2C2CC2)cc1OC(F)F. The molecule has 1 fully saturated rings. The number of halogens is 2. The Balaban J connectivity index is 1.49. The van der Waals surface area contributed by atoms with Crippen LogP contribution < -0.4 is 14.8 Å². The number of methoxy groups -OCH3 is 1. The summed E-state index contributed by atoms with van der Waals surface area (Å²) in [6, 6.07) is 5.13. The maximum atomic E-state index is 12.5. The lowest BCUT2D eigenvalue weighted by molar-refractivity contribution is -0.120. The van der Waals surface area contributed by atoms with Gasteiger partial charge in [0.05, 0.1) is 18.4 Å². The van der Waals surface area contributed by atoms with E-state index in [-0.39, 0.29) is 22.7 Å². The van der Waals surface area contributed by atoms with Crippen molar-refractivity contribution in [1.29, 1.82) is 0 Å². The van der Waals surface area contributed by atoms with Gasteiger partial charge in [-0.15, -0.1) is 5.10 Å². The number of aromatic nitrogens is 4. The molecule has 1 saturated carbocycles. The van der Waals surface area contributed by atoms with Gasteiger partial charge in [-0.05, 0) is 54.3 Å². The van der Waals surface area contributed by atoms with Crippen LogP contribution >= 0.6 is 11.8 Å². The number of hydrogen-bond acceptors (Lipinski definition) is 7. The normalized spacial score (nSPS) is 14.8. The molecule has 152 valence electrons. The summed E-state index contributed by atoms with van der Waals surface area (Å²) in [6.45, 7) is -0.792. The molecular weight excluding hydrogens is 392 g/mol. The first-order valence-electron chi connectivity index (χ1n) is 8.82. The van der Waals surface area contributed by atoms with E-state index in [1.165, 1.54) is 24.9 Å². The molecule has 0 aliphatic heterocycles. The number of hydrogen-bond donors (Lipinski definition) is 1. The van der Waals surface area contributed by atoms with E-state index >= 15 is 0 Å². The second kappa shape index (κ2) is 9.18. The molecule has 0 bridgehead atoms. The summed E-state index contributed by atoms with van der Waals surface area (Å²) in [4.78, 5) is 12.3. The van der Waals surface area contributed by atoms with Crippen molar-refractivity contribution < 1.29 is 23.0 Å². The van der Waals surface area contributed by atoms with E-state index in [0.717, 1.165) is 18.4 Å². The van der Waals surface area contributed by atoms with Gasteiger partial charge in [0.25, 0.3) is 0 Å². The Hall–Kier alpha value is -2.43.